The van der Waals surface area contributed by atoms with Crippen molar-refractivity contribution < 1.29 is 9.59 Å². The molecule has 0 radical (unpaired) electrons. The summed E-state index contributed by atoms with van der Waals surface area (Å²) in [7, 11) is 0. The molecule has 2 amide bonds. The molecule has 0 aliphatic carbocycles. The van der Waals surface area contributed by atoms with Gasteiger partial charge in [-0.2, -0.15) is 0 Å². The molecular formula is C13H24N2O2S. The van der Waals surface area contributed by atoms with Crippen LogP contribution in [0.3, 0.4) is 0 Å². The second-order valence-electron chi connectivity index (χ2n) is 4.94. The van der Waals surface area contributed by atoms with Crippen molar-refractivity contribution in [1.29, 1.82) is 0 Å². The Labute approximate surface area is 114 Å². The lowest BCUT2D eigenvalue weighted by Gasteiger charge is -2.24. The summed E-state index contributed by atoms with van der Waals surface area (Å²) in [6.07, 6.45) is 2.03. The van der Waals surface area contributed by atoms with E-state index >= 15 is 0 Å². The fourth-order valence-electron chi connectivity index (χ4n) is 2.14. The minimum atomic E-state index is -0.188. The maximum absolute atomic E-state index is 12.2. The van der Waals surface area contributed by atoms with Crippen molar-refractivity contribution in [3.8, 4) is 0 Å². The van der Waals surface area contributed by atoms with Gasteiger partial charge in [0, 0.05) is 12.5 Å². The van der Waals surface area contributed by atoms with E-state index in [1.165, 1.54) is 4.90 Å². The van der Waals surface area contributed by atoms with Crippen LogP contribution in [-0.4, -0.2) is 40.3 Å². The molecule has 104 valence electrons. The van der Waals surface area contributed by atoms with Gasteiger partial charge in [0.1, 0.15) is 0 Å². The number of likely N-dealkylation sites (tertiary alicyclic amines) is 1. The molecule has 1 aliphatic heterocycles. The van der Waals surface area contributed by atoms with Crippen molar-refractivity contribution in [2.75, 3.05) is 12.3 Å². The van der Waals surface area contributed by atoms with Crippen LogP contribution in [0.4, 0.5) is 0 Å². The number of rotatable bonds is 7. The summed E-state index contributed by atoms with van der Waals surface area (Å²) in [6.45, 7) is 6.72. The van der Waals surface area contributed by atoms with E-state index in [1.54, 1.807) is 11.8 Å². The monoisotopic (exact) mass is 272 g/mol. The Morgan fingerprint density at radius 1 is 1.39 bits per heavy atom. The number of hydrogen-bond donors (Lipinski definition) is 1. The molecule has 0 aromatic rings. The Morgan fingerprint density at radius 3 is 2.50 bits per heavy atom. The Hall–Kier alpha value is -0.550. The molecule has 18 heavy (non-hydrogen) atoms. The lowest BCUT2D eigenvalue weighted by Crippen LogP contribution is -2.40. The Balaban J connectivity index is 2.60. The van der Waals surface area contributed by atoms with Gasteiger partial charge in [-0.25, -0.2) is 0 Å². The molecule has 0 bridgehead atoms. The average molecular weight is 272 g/mol. The quantitative estimate of drug-likeness (QED) is 0.716. The molecule has 1 rings (SSSR count). The second-order valence-corrected chi connectivity index (χ2v) is 6.17. The highest BCUT2D eigenvalue weighted by atomic mass is 32.2. The van der Waals surface area contributed by atoms with Gasteiger partial charge in [0.25, 0.3) is 0 Å². The van der Waals surface area contributed by atoms with Crippen LogP contribution in [0.5, 0.6) is 0 Å². The van der Waals surface area contributed by atoms with Crippen molar-refractivity contribution in [3.63, 3.8) is 0 Å². The summed E-state index contributed by atoms with van der Waals surface area (Å²) in [5, 5.41) is -0.188. The second kappa shape index (κ2) is 7.14. The van der Waals surface area contributed by atoms with Crippen LogP contribution in [0.25, 0.3) is 0 Å². The summed E-state index contributed by atoms with van der Waals surface area (Å²) in [4.78, 5) is 25.7. The number of carbonyl (C=O) groups excluding carboxylic acids is 2. The molecule has 2 atom stereocenters. The first-order valence-corrected chi connectivity index (χ1v) is 7.77. The van der Waals surface area contributed by atoms with Crippen LogP contribution in [0.2, 0.25) is 0 Å². The standard InChI is InChI=1S/C13H24N2O2S/c1-4-10(5-2)15-12(16)6-11(13(15)17)18-8-9(3)7-14/h9-11H,4-8,14H2,1-3H3. The summed E-state index contributed by atoms with van der Waals surface area (Å²) in [5.74, 6) is 1.23. The van der Waals surface area contributed by atoms with E-state index in [4.69, 9.17) is 5.73 Å². The van der Waals surface area contributed by atoms with Crippen LogP contribution in [0, 0.1) is 5.92 Å². The predicted molar refractivity (Wildman–Crippen MR) is 75.3 cm³/mol. The third-order valence-corrected chi connectivity index (χ3v) is 4.97. The fourth-order valence-corrected chi connectivity index (χ4v) is 3.35. The molecule has 0 spiro atoms. The Bertz CT molecular complexity index is 305. The van der Waals surface area contributed by atoms with Gasteiger partial charge in [-0.15, -0.1) is 11.8 Å². The van der Waals surface area contributed by atoms with E-state index in [2.05, 4.69) is 6.92 Å². The predicted octanol–water partition coefficient (Wildman–Crippen LogP) is 1.63. The molecule has 2 unspecified atom stereocenters. The molecule has 0 saturated carbocycles. The van der Waals surface area contributed by atoms with E-state index in [9.17, 15) is 9.59 Å². The third-order valence-electron chi connectivity index (χ3n) is 3.43. The van der Waals surface area contributed by atoms with Crippen molar-refractivity contribution in [3.05, 3.63) is 0 Å². The van der Waals surface area contributed by atoms with E-state index in [1.807, 2.05) is 13.8 Å². The number of carbonyl (C=O) groups is 2. The first-order chi connectivity index (χ1) is 8.54. The van der Waals surface area contributed by atoms with Gasteiger partial charge in [-0.1, -0.05) is 20.8 Å². The van der Waals surface area contributed by atoms with Crippen LogP contribution < -0.4 is 5.73 Å². The van der Waals surface area contributed by atoms with Crippen molar-refractivity contribution in [2.24, 2.45) is 11.7 Å². The Morgan fingerprint density at radius 2 is 2.00 bits per heavy atom. The van der Waals surface area contributed by atoms with E-state index in [-0.39, 0.29) is 23.1 Å². The lowest BCUT2D eigenvalue weighted by atomic mass is 10.1. The molecule has 1 aliphatic rings. The number of nitrogens with two attached hydrogens (primary N) is 1. The van der Waals surface area contributed by atoms with Crippen LogP contribution in [0.1, 0.15) is 40.0 Å². The molecule has 0 aromatic carbocycles. The molecule has 0 aromatic heterocycles. The summed E-state index contributed by atoms with van der Waals surface area (Å²) >= 11 is 1.58. The number of nitrogens with zero attached hydrogens (tertiary/aromatic N) is 1. The number of thioether (sulfide) groups is 1. The van der Waals surface area contributed by atoms with Gasteiger partial charge in [0.2, 0.25) is 11.8 Å². The van der Waals surface area contributed by atoms with E-state index in [0.29, 0.717) is 18.9 Å². The van der Waals surface area contributed by atoms with Crippen molar-refractivity contribution in [1.82, 2.24) is 4.90 Å². The molecule has 1 saturated heterocycles. The summed E-state index contributed by atoms with van der Waals surface area (Å²) in [6, 6.07) is 0.0718. The van der Waals surface area contributed by atoms with Gasteiger partial charge < -0.3 is 5.73 Å². The lowest BCUT2D eigenvalue weighted by molar-refractivity contribution is -0.141. The molecular weight excluding hydrogens is 248 g/mol. The highest BCUT2D eigenvalue weighted by Gasteiger charge is 2.41. The zero-order valence-electron chi connectivity index (χ0n) is 11.5. The molecule has 5 heteroatoms. The average Bonchev–Trinajstić information content (AvgIpc) is 2.65. The third kappa shape index (κ3) is 3.48. The van der Waals surface area contributed by atoms with E-state index in [0.717, 1.165) is 18.6 Å². The van der Waals surface area contributed by atoms with E-state index < -0.39 is 0 Å². The van der Waals surface area contributed by atoms with Gasteiger partial charge in [0.05, 0.1) is 5.25 Å². The zero-order valence-corrected chi connectivity index (χ0v) is 12.3. The number of amides is 2. The van der Waals surface area contributed by atoms with Crippen LogP contribution in [-0.2, 0) is 9.59 Å². The number of hydrogen-bond acceptors (Lipinski definition) is 4. The maximum atomic E-state index is 12.2. The van der Waals surface area contributed by atoms with Gasteiger partial charge in [0.15, 0.2) is 0 Å². The normalized spacial score (nSPS) is 22.1. The maximum Gasteiger partial charge on any atom is 0.243 e. The van der Waals surface area contributed by atoms with Crippen molar-refractivity contribution in [2.45, 2.75) is 51.3 Å². The van der Waals surface area contributed by atoms with Gasteiger partial charge in [-0.3, -0.25) is 14.5 Å². The molecule has 2 N–H and O–H groups in total. The van der Waals surface area contributed by atoms with Gasteiger partial charge in [-0.05, 0) is 31.1 Å². The first-order valence-electron chi connectivity index (χ1n) is 6.72. The minimum absolute atomic E-state index is 0.00271. The highest BCUT2D eigenvalue weighted by molar-refractivity contribution is 8.00. The Kier molecular flexibility index (Phi) is 6.15. The molecule has 1 heterocycles. The zero-order chi connectivity index (χ0) is 13.7. The van der Waals surface area contributed by atoms with Crippen LogP contribution in [0.15, 0.2) is 0 Å². The van der Waals surface area contributed by atoms with Gasteiger partial charge >= 0.3 is 0 Å². The minimum Gasteiger partial charge on any atom is -0.330 e. The summed E-state index contributed by atoms with van der Waals surface area (Å²) < 4.78 is 0. The largest absolute Gasteiger partial charge is 0.330 e. The fraction of sp³-hybridized carbons (Fsp3) is 0.846. The topological polar surface area (TPSA) is 63.4 Å². The van der Waals surface area contributed by atoms with Crippen molar-refractivity contribution >= 4 is 23.6 Å². The molecule has 4 nitrogen and oxygen atoms in total. The molecule has 1 fully saturated rings. The highest BCUT2D eigenvalue weighted by Crippen LogP contribution is 2.29. The first kappa shape index (κ1) is 15.5. The summed E-state index contributed by atoms with van der Waals surface area (Å²) in [5.41, 5.74) is 5.56. The van der Waals surface area contributed by atoms with Crippen LogP contribution >= 0.6 is 11.8 Å². The number of imide groups is 1. The smallest absolute Gasteiger partial charge is 0.243 e. The SMILES string of the molecule is CCC(CC)N1C(=O)CC(SCC(C)CN)C1=O.